The first-order chi connectivity index (χ1) is 12.3. The summed E-state index contributed by atoms with van der Waals surface area (Å²) in [7, 11) is 0. The van der Waals surface area contributed by atoms with Gasteiger partial charge in [0, 0.05) is 43.4 Å². The van der Waals surface area contributed by atoms with Crippen molar-refractivity contribution in [3.63, 3.8) is 0 Å². The fourth-order valence-electron chi connectivity index (χ4n) is 3.16. The first-order valence-corrected chi connectivity index (χ1v) is 8.53. The summed E-state index contributed by atoms with van der Waals surface area (Å²) in [5, 5.41) is 11.3. The Morgan fingerprint density at radius 2 is 2.16 bits per heavy atom. The molecule has 0 fully saturated rings. The molecule has 1 aromatic carbocycles. The number of imidazole rings is 1. The number of nitrogens with one attached hydrogen (secondary N) is 1. The van der Waals surface area contributed by atoms with E-state index in [4.69, 9.17) is 0 Å². The largest absolute Gasteiger partial charge is 0.354 e. The van der Waals surface area contributed by atoms with Gasteiger partial charge in [-0.15, -0.1) is 5.10 Å². The lowest BCUT2D eigenvalue weighted by Crippen LogP contribution is -2.37. The molecule has 4 rings (SSSR count). The van der Waals surface area contributed by atoms with Gasteiger partial charge < -0.3 is 9.88 Å². The van der Waals surface area contributed by atoms with E-state index in [1.165, 1.54) is 0 Å². The lowest BCUT2D eigenvalue weighted by Gasteiger charge is -2.22. The second-order valence-corrected chi connectivity index (χ2v) is 6.25. The minimum Gasteiger partial charge on any atom is -0.354 e. The Kier molecular flexibility index (Phi) is 4.28. The standard InChI is InChI=1S/C18H20N6O/c25-18(15-6-9-23-10-7-19-17(23)12-15)20-8-11-24-13-16(21-22-24)14-4-2-1-3-5-14/h1-5,7,10,13,15H,6,8-9,11-12H2,(H,20,25). The molecule has 2 aromatic heterocycles. The number of carbonyl (C=O) groups is 1. The molecule has 7 heteroatoms. The van der Waals surface area contributed by atoms with E-state index >= 15 is 0 Å². The van der Waals surface area contributed by atoms with Gasteiger partial charge in [-0.25, -0.2) is 4.98 Å². The average Bonchev–Trinajstić information content (AvgIpc) is 3.31. The SMILES string of the molecule is O=C(NCCn1cc(-c2ccccc2)nn1)C1CCn2ccnc2C1. The van der Waals surface area contributed by atoms with Gasteiger partial charge in [0.05, 0.1) is 12.7 Å². The molecule has 1 amide bonds. The third-order valence-corrected chi connectivity index (χ3v) is 4.57. The Balaban J connectivity index is 1.28. The Morgan fingerprint density at radius 3 is 3.04 bits per heavy atom. The van der Waals surface area contributed by atoms with Crippen LogP contribution in [0.5, 0.6) is 0 Å². The van der Waals surface area contributed by atoms with Gasteiger partial charge in [-0.05, 0) is 6.42 Å². The van der Waals surface area contributed by atoms with Crippen LogP contribution >= 0.6 is 0 Å². The summed E-state index contributed by atoms with van der Waals surface area (Å²) < 4.78 is 3.88. The maximum Gasteiger partial charge on any atom is 0.223 e. The first kappa shape index (κ1) is 15.6. The van der Waals surface area contributed by atoms with Crippen LogP contribution in [0.3, 0.4) is 0 Å². The van der Waals surface area contributed by atoms with Crippen LogP contribution in [0.25, 0.3) is 11.3 Å². The van der Waals surface area contributed by atoms with Crippen molar-refractivity contribution in [1.29, 1.82) is 0 Å². The minimum absolute atomic E-state index is 0.00512. The summed E-state index contributed by atoms with van der Waals surface area (Å²) in [6.07, 6.45) is 7.24. The number of carbonyl (C=O) groups excluding carboxylic acids is 1. The van der Waals surface area contributed by atoms with Crippen molar-refractivity contribution in [2.75, 3.05) is 6.54 Å². The zero-order valence-electron chi connectivity index (χ0n) is 13.9. The molecule has 3 heterocycles. The van der Waals surface area contributed by atoms with E-state index in [1.807, 2.05) is 42.7 Å². The van der Waals surface area contributed by atoms with Crippen LogP contribution < -0.4 is 5.32 Å². The minimum atomic E-state index is 0.00512. The maximum absolute atomic E-state index is 12.4. The van der Waals surface area contributed by atoms with Crippen molar-refractivity contribution in [2.24, 2.45) is 5.92 Å². The van der Waals surface area contributed by atoms with Crippen LogP contribution in [0, 0.1) is 5.92 Å². The summed E-state index contributed by atoms with van der Waals surface area (Å²) >= 11 is 0. The number of hydrogen-bond acceptors (Lipinski definition) is 4. The summed E-state index contributed by atoms with van der Waals surface area (Å²) in [4.78, 5) is 16.7. The van der Waals surface area contributed by atoms with E-state index in [1.54, 1.807) is 10.9 Å². The first-order valence-electron chi connectivity index (χ1n) is 8.53. The summed E-state index contributed by atoms with van der Waals surface area (Å²) in [6.45, 7) is 2.01. The second kappa shape index (κ2) is 6.88. The number of nitrogens with zero attached hydrogens (tertiary/aromatic N) is 5. The lowest BCUT2D eigenvalue weighted by molar-refractivity contribution is -0.125. The molecule has 0 aliphatic carbocycles. The number of fused-ring (bicyclic) bond motifs is 1. The summed E-state index contributed by atoms with van der Waals surface area (Å²) in [5.41, 5.74) is 1.88. The Bertz CT molecular complexity index is 853. The summed E-state index contributed by atoms with van der Waals surface area (Å²) in [5.74, 6) is 1.10. The van der Waals surface area contributed by atoms with Gasteiger partial charge in [-0.3, -0.25) is 9.48 Å². The van der Waals surface area contributed by atoms with Crippen molar-refractivity contribution in [3.05, 3.63) is 54.7 Å². The number of amides is 1. The molecule has 1 aliphatic rings. The van der Waals surface area contributed by atoms with Gasteiger partial charge in [0.1, 0.15) is 11.5 Å². The molecular formula is C18H20N6O. The van der Waals surface area contributed by atoms with E-state index in [0.29, 0.717) is 19.5 Å². The number of rotatable bonds is 5. The maximum atomic E-state index is 12.4. The van der Waals surface area contributed by atoms with E-state index in [0.717, 1.165) is 30.0 Å². The van der Waals surface area contributed by atoms with Crippen LogP contribution in [0.1, 0.15) is 12.2 Å². The molecule has 1 unspecified atom stereocenters. The molecule has 1 N–H and O–H groups in total. The molecule has 128 valence electrons. The van der Waals surface area contributed by atoms with E-state index in [9.17, 15) is 4.79 Å². The monoisotopic (exact) mass is 336 g/mol. The molecule has 0 bridgehead atoms. The number of hydrogen-bond donors (Lipinski definition) is 1. The fraction of sp³-hybridized carbons (Fsp3) is 0.333. The number of aryl methyl sites for hydroxylation is 1. The highest BCUT2D eigenvalue weighted by atomic mass is 16.1. The van der Waals surface area contributed by atoms with Crippen LogP contribution in [0.4, 0.5) is 0 Å². The molecular weight excluding hydrogens is 316 g/mol. The zero-order chi connectivity index (χ0) is 17.1. The third-order valence-electron chi connectivity index (χ3n) is 4.57. The van der Waals surface area contributed by atoms with Crippen molar-refractivity contribution in [1.82, 2.24) is 29.9 Å². The summed E-state index contributed by atoms with van der Waals surface area (Å²) in [6, 6.07) is 9.93. The smallest absolute Gasteiger partial charge is 0.223 e. The van der Waals surface area contributed by atoms with E-state index in [-0.39, 0.29) is 11.8 Å². The van der Waals surface area contributed by atoms with Gasteiger partial charge in [0.25, 0.3) is 0 Å². The molecule has 7 nitrogen and oxygen atoms in total. The molecule has 1 aliphatic heterocycles. The van der Waals surface area contributed by atoms with Crippen molar-refractivity contribution in [3.8, 4) is 11.3 Å². The Morgan fingerprint density at radius 1 is 1.28 bits per heavy atom. The second-order valence-electron chi connectivity index (χ2n) is 6.25. The van der Waals surface area contributed by atoms with E-state index < -0.39 is 0 Å². The average molecular weight is 336 g/mol. The lowest BCUT2D eigenvalue weighted by atomic mass is 9.97. The normalized spacial score (nSPS) is 16.4. The molecule has 0 saturated heterocycles. The van der Waals surface area contributed by atoms with Gasteiger partial charge in [0.15, 0.2) is 0 Å². The molecule has 3 aromatic rings. The van der Waals surface area contributed by atoms with Crippen LogP contribution in [0.2, 0.25) is 0 Å². The van der Waals surface area contributed by atoms with Crippen LogP contribution in [-0.4, -0.2) is 37.0 Å². The van der Waals surface area contributed by atoms with Gasteiger partial charge in [0.2, 0.25) is 5.91 Å². The van der Waals surface area contributed by atoms with Gasteiger partial charge >= 0.3 is 0 Å². The highest BCUT2D eigenvalue weighted by Gasteiger charge is 2.24. The topological polar surface area (TPSA) is 77.6 Å². The Hall–Kier alpha value is -2.96. The third kappa shape index (κ3) is 3.45. The number of aromatic nitrogens is 5. The Labute approximate surface area is 145 Å². The van der Waals surface area contributed by atoms with E-state index in [2.05, 4.69) is 25.2 Å². The molecule has 25 heavy (non-hydrogen) atoms. The van der Waals surface area contributed by atoms with Crippen LogP contribution in [-0.2, 0) is 24.3 Å². The molecule has 0 spiro atoms. The van der Waals surface area contributed by atoms with Gasteiger partial charge in [-0.1, -0.05) is 35.5 Å². The molecule has 1 atom stereocenters. The van der Waals surface area contributed by atoms with Crippen molar-refractivity contribution < 1.29 is 4.79 Å². The molecule has 0 saturated carbocycles. The fourth-order valence-corrected chi connectivity index (χ4v) is 3.16. The predicted molar refractivity (Wildman–Crippen MR) is 92.5 cm³/mol. The number of benzene rings is 1. The quantitative estimate of drug-likeness (QED) is 0.766. The van der Waals surface area contributed by atoms with Crippen molar-refractivity contribution in [2.45, 2.75) is 25.9 Å². The zero-order valence-corrected chi connectivity index (χ0v) is 13.9. The predicted octanol–water partition coefficient (Wildman–Crippen LogP) is 1.52. The highest BCUT2D eigenvalue weighted by molar-refractivity contribution is 5.78. The molecule has 0 radical (unpaired) electrons. The van der Waals surface area contributed by atoms with Crippen LogP contribution in [0.15, 0.2) is 48.9 Å². The highest BCUT2D eigenvalue weighted by Crippen LogP contribution is 2.19. The van der Waals surface area contributed by atoms with Gasteiger partial charge in [-0.2, -0.15) is 0 Å². The van der Waals surface area contributed by atoms with Crippen molar-refractivity contribution >= 4 is 5.91 Å².